The Morgan fingerprint density at radius 2 is 2.06 bits per heavy atom. The number of aromatic amines is 1. The molecule has 17 heavy (non-hydrogen) atoms. The summed E-state index contributed by atoms with van der Waals surface area (Å²) in [6.45, 7) is 6.55. The summed E-state index contributed by atoms with van der Waals surface area (Å²) in [5.74, 6) is 0. The highest BCUT2D eigenvalue weighted by Crippen LogP contribution is 1.91. The van der Waals surface area contributed by atoms with Gasteiger partial charge in [0.2, 0.25) is 0 Å². The predicted molar refractivity (Wildman–Crippen MR) is 68.5 cm³/mol. The molecule has 0 atom stereocenters. The number of hydrogen-bond donors (Lipinski definition) is 2. The highest BCUT2D eigenvalue weighted by atomic mass is 16.2. The van der Waals surface area contributed by atoms with Gasteiger partial charge in [-0.25, -0.2) is 4.79 Å². The number of rotatable bonds is 7. The smallest absolute Gasteiger partial charge is 0.317 e. The molecule has 5 heteroatoms. The summed E-state index contributed by atoms with van der Waals surface area (Å²) in [4.78, 5) is 25.2. The average molecular weight is 239 g/mol. The topological polar surface area (TPSA) is 66.9 Å². The van der Waals surface area contributed by atoms with E-state index in [2.05, 4.69) is 17.2 Å². The van der Waals surface area contributed by atoms with Gasteiger partial charge in [0.15, 0.2) is 0 Å². The van der Waals surface area contributed by atoms with Crippen LogP contribution in [0.25, 0.3) is 0 Å². The van der Waals surface area contributed by atoms with Crippen molar-refractivity contribution in [3.05, 3.63) is 32.6 Å². The lowest BCUT2D eigenvalue weighted by Gasteiger charge is -2.07. The minimum Gasteiger partial charge on any atom is -0.317 e. The molecule has 0 fully saturated rings. The van der Waals surface area contributed by atoms with Crippen LogP contribution in [0.5, 0.6) is 0 Å². The van der Waals surface area contributed by atoms with E-state index in [1.54, 1.807) is 10.8 Å². The highest BCUT2D eigenvalue weighted by Gasteiger charge is 2.02. The molecule has 0 aliphatic heterocycles. The Morgan fingerprint density at radius 1 is 1.29 bits per heavy atom. The molecule has 0 aromatic carbocycles. The van der Waals surface area contributed by atoms with Gasteiger partial charge >= 0.3 is 5.69 Å². The maximum Gasteiger partial charge on any atom is 0.328 e. The lowest BCUT2D eigenvalue weighted by Crippen LogP contribution is -2.32. The van der Waals surface area contributed by atoms with E-state index in [9.17, 15) is 9.59 Å². The monoisotopic (exact) mass is 239 g/mol. The Hall–Kier alpha value is -1.36. The minimum atomic E-state index is -0.317. The summed E-state index contributed by atoms with van der Waals surface area (Å²) >= 11 is 0. The normalized spacial score (nSPS) is 10.7. The predicted octanol–water partition coefficient (Wildman–Crippen LogP) is 0.489. The zero-order valence-electron chi connectivity index (χ0n) is 10.6. The second-order valence-electron chi connectivity index (χ2n) is 4.06. The standard InChI is InChI=1S/C12H21N3O2/c1-3-6-13-7-5-8-15-9-10(4-2)11(16)14-12(15)17/h9,13H,3-8H2,1-2H3,(H,14,16,17). The molecule has 0 saturated heterocycles. The first-order valence-electron chi connectivity index (χ1n) is 6.22. The summed E-state index contributed by atoms with van der Waals surface area (Å²) in [7, 11) is 0. The van der Waals surface area contributed by atoms with Crippen molar-refractivity contribution in [1.82, 2.24) is 14.9 Å². The van der Waals surface area contributed by atoms with Crippen molar-refractivity contribution in [3.8, 4) is 0 Å². The fraction of sp³-hybridized carbons (Fsp3) is 0.667. The molecule has 5 nitrogen and oxygen atoms in total. The molecule has 0 spiro atoms. The molecule has 1 heterocycles. The molecule has 0 amide bonds. The molecule has 2 N–H and O–H groups in total. The first-order valence-corrected chi connectivity index (χ1v) is 6.22. The van der Waals surface area contributed by atoms with Crippen LogP contribution in [-0.4, -0.2) is 22.6 Å². The summed E-state index contributed by atoms with van der Waals surface area (Å²) in [6, 6.07) is 0. The fourth-order valence-corrected chi connectivity index (χ4v) is 1.65. The van der Waals surface area contributed by atoms with E-state index in [0.717, 1.165) is 25.9 Å². The van der Waals surface area contributed by atoms with E-state index < -0.39 is 0 Å². The highest BCUT2D eigenvalue weighted by molar-refractivity contribution is 5.03. The van der Waals surface area contributed by atoms with Gasteiger partial charge in [0.25, 0.3) is 5.56 Å². The average Bonchev–Trinajstić information content (AvgIpc) is 2.31. The van der Waals surface area contributed by atoms with Crippen LogP contribution >= 0.6 is 0 Å². The van der Waals surface area contributed by atoms with Crippen molar-refractivity contribution in [2.45, 2.75) is 39.7 Å². The maximum atomic E-state index is 11.5. The van der Waals surface area contributed by atoms with E-state index in [-0.39, 0.29) is 11.2 Å². The molecular formula is C12H21N3O2. The van der Waals surface area contributed by atoms with Crippen LogP contribution in [0, 0.1) is 0 Å². The van der Waals surface area contributed by atoms with Crippen molar-refractivity contribution in [2.24, 2.45) is 0 Å². The maximum absolute atomic E-state index is 11.5. The fourth-order valence-electron chi connectivity index (χ4n) is 1.65. The summed E-state index contributed by atoms with van der Waals surface area (Å²) in [5, 5.41) is 3.28. The Kier molecular flexibility index (Phi) is 5.69. The number of aromatic nitrogens is 2. The number of nitrogens with one attached hydrogen (secondary N) is 2. The Balaban J connectivity index is 2.59. The molecule has 0 saturated carbocycles. The zero-order chi connectivity index (χ0) is 12.7. The van der Waals surface area contributed by atoms with Gasteiger partial charge in [-0.3, -0.25) is 9.78 Å². The first-order chi connectivity index (χ1) is 8.19. The second kappa shape index (κ2) is 7.06. The van der Waals surface area contributed by atoms with Crippen molar-refractivity contribution >= 4 is 0 Å². The molecule has 0 aliphatic carbocycles. The molecule has 0 radical (unpaired) electrons. The number of H-pyrrole nitrogens is 1. The van der Waals surface area contributed by atoms with E-state index in [1.165, 1.54) is 0 Å². The van der Waals surface area contributed by atoms with Gasteiger partial charge in [-0.15, -0.1) is 0 Å². The van der Waals surface area contributed by atoms with Crippen molar-refractivity contribution in [3.63, 3.8) is 0 Å². The third-order valence-electron chi connectivity index (χ3n) is 2.64. The number of hydrogen-bond acceptors (Lipinski definition) is 3. The van der Waals surface area contributed by atoms with Crippen molar-refractivity contribution < 1.29 is 0 Å². The second-order valence-corrected chi connectivity index (χ2v) is 4.06. The van der Waals surface area contributed by atoms with E-state index in [1.807, 2.05) is 6.92 Å². The molecule has 0 bridgehead atoms. The van der Waals surface area contributed by atoms with Gasteiger partial charge in [-0.2, -0.15) is 0 Å². The molecule has 1 aromatic rings. The summed E-state index contributed by atoms with van der Waals surface area (Å²) in [6.07, 6.45) is 4.30. The largest absolute Gasteiger partial charge is 0.328 e. The molecule has 0 aliphatic rings. The third kappa shape index (κ3) is 4.19. The van der Waals surface area contributed by atoms with Crippen LogP contribution in [-0.2, 0) is 13.0 Å². The van der Waals surface area contributed by atoms with Crippen LogP contribution in [0.15, 0.2) is 15.8 Å². The van der Waals surface area contributed by atoms with Crippen LogP contribution < -0.4 is 16.6 Å². The van der Waals surface area contributed by atoms with E-state index in [4.69, 9.17) is 0 Å². The summed E-state index contributed by atoms with van der Waals surface area (Å²) in [5.41, 5.74) is 0.0756. The van der Waals surface area contributed by atoms with Crippen molar-refractivity contribution in [2.75, 3.05) is 13.1 Å². The molecule has 96 valence electrons. The first kappa shape index (κ1) is 13.7. The third-order valence-corrected chi connectivity index (χ3v) is 2.64. The van der Waals surface area contributed by atoms with Crippen LogP contribution in [0.2, 0.25) is 0 Å². The zero-order valence-corrected chi connectivity index (χ0v) is 10.6. The van der Waals surface area contributed by atoms with Gasteiger partial charge in [0, 0.05) is 18.3 Å². The number of nitrogens with zero attached hydrogens (tertiary/aromatic N) is 1. The summed E-state index contributed by atoms with van der Waals surface area (Å²) < 4.78 is 1.58. The lowest BCUT2D eigenvalue weighted by molar-refractivity contribution is 0.557. The quantitative estimate of drug-likeness (QED) is 0.680. The van der Waals surface area contributed by atoms with Gasteiger partial charge in [0.05, 0.1) is 0 Å². The Labute approximate surface area is 101 Å². The van der Waals surface area contributed by atoms with Crippen LogP contribution in [0.3, 0.4) is 0 Å². The molecule has 1 aromatic heterocycles. The molecule has 0 unspecified atom stereocenters. The number of aryl methyl sites for hydroxylation is 2. The van der Waals surface area contributed by atoms with Crippen molar-refractivity contribution in [1.29, 1.82) is 0 Å². The van der Waals surface area contributed by atoms with E-state index >= 15 is 0 Å². The van der Waals surface area contributed by atoms with E-state index in [0.29, 0.717) is 18.5 Å². The SMILES string of the molecule is CCCNCCCn1cc(CC)c(=O)[nH]c1=O. The Bertz CT molecular complexity index is 448. The van der Waals surface area contributed by atoms with Gasteiger partial charge in [-0.05, 0) is 32.4 Å². The van der Waals surface area contributed by atoms with Gasteiger partial charge < -0.3 is 9.88 Å². The lowest BCUT2D eigenvalue weighted by atomic mass is 10.2. The minimum absolute atomic E-state index is 0.266. The molecule has 1 rings (SSSR count). The van der Waals surface area contributed by atoms with Crippen LogP contribution in [0.4, 0.5) is 0 Å². The molecular weight excluding hydrogens is 218 g/mol. The van der Waals surface area contributed by atoms with Gasteiger partial charge in [0.1, 0.15) is 0 Å². The van der Waals surface area contributed by atoms with Crippen LogP contribution in [0.1, 0.15) is 32.3 Å². The van der Waals surface area contributed by atoms with Gasteiger partial charge in [-0.1, -0.05) is 13.8 Å². The Morgan fingerprint density at radius 3 is 2.71 bits per heavy atom.